The van der Waals surface area contributed by atoms with Gasteiger partial charge < -0.3 is 0 Å². The van der Waals surface area contributed by atoms with Crippen molar-refractivity contribution in [3.63, 3.8) is 0 Å². The summed E-state index contributed by atoms with van der Waals surface area (Å²) in [6.45, 7) is 0. The third-order valence-electron chi connectivity index (χ3n) is 3.70. The number of aromatic nitrogens is 2. The van der Waals surface area contributed by atoms with E-state index in [2.05, 4.69) is 37.0 Å². The summed E-state index contributed by atoms with van der Waals surface area (Å²) < 4.78 is 80.1. The molecule has 0 unspecified atom stereocenters. The van der Waals surface area contributed by atoms with Crippen LogP contribution in [0.4, 0.5) is 17.6 Å². The second-order valence-electron chi connectivity index (χ2n) is 5.57. The molecule has 1 heterocycles. The minimum atomic E-state index is -4.50. The van der Waals surface area contributed by atoms with Gasteiger partial charge >= 0.3 is 0 Å². The minimum Gasteiger partial charge on any atom is -0.232 e. The van der Waals surface area contributed by atoms with Crippen molar-refractivity contribution in [1.29, 1.82) is 0 Å². The Bertz CT molecular complexity index is 1180. The molecular weight excluding hydrogens is 534 g/mol. The number of primary sulfonamides is 1. The van der Waals surface area contributed by atoms with E-state index in [1.165, 1.54) is 12.1 Å². The SMILES string of the molecule is NS(=O)(=O)c1cc(F)c(-c2cc(C(F)F)nn2-c2ccc(Br)c(Br)c2)cc1F. The van der Waals surface area contributed by atoms with Crippen molar-refractivity contribution in [1.82, 2.24) is 9.78 Å². The summed E-state index contributed by atoms with van der Waals surface area (Å²) in [6, 6.07) is 6.53. The third kappa shape index (κ3) is 4.00. The standard InChI is InChI=1S/C16H9Br2F4N3O2S/c17-9-2-1-7(3-10(9)18)25-14(6-13(24-25)16(21)22)8-4-12(20)15(5-11(8)19)28(23,26)27/h1-6,16H,(H2,23,26,27). The fourth-order valence-corrected chi connectivity index (χ4v) is 3.67. The summed E-state index contributed by atoms with van der Waals surface area (Å²) in [6.07, 6.45) is -2.96. The van der Waals surface area contributed by atoms with Crippen LogP contribution < -0.4 is 5.14 Å². The smallest absolute Gasteiger partial charge is 0.232 e. The zero-order chi connectivity index (χ0) is 20.8. The normalized spacial score (nSPS) is 12.0. The van der Waals surface area contributed by atoms with Gasteiger partial charge in [0.2, 0.25) is 10.0 Å². The molecular formula is C16H9Br2F4N3O2S. The molecule has 0 aliphatic heterocycles. The highest BCUT2D eigenvalue weighted by molar-refractivity contribution is 9.13. The maximum atomic E-state index is 14.6. The second-order valence-corrected chi connectivity index (χ2v) is 8.81. The quantitative estimate of drug-likeness (QED) is 0.475. The maximum absolute atomic E-state index is 14.6. The number of sulfonamides is 1. The maximum Gasteiger partial charge on any atom is 0.282 e. The molecule has 2 N–H and O–H groups in total. The van der Waals surface area contributed by atoms with E-state index in [9.17, 15) is 26.0 Å². The first-order valence-corrected chi connectivity index (χ1v) is 10.5. The Balaban J connectivity index is 2.27. The van der Waals surface area contributed by atoms with Gasteiger partial charge in [-0.3, -0.25) is 0 Å². The van der Waals surface area contributed by atoms with Crippen LogP contribution in [-0.4, -0.2) is 18.2 Å². The minimum absolute atomic E-state index is 0.193. The lowest BCUT2D eigenvalue weighted by Crippen LogP contribution is -2.15. The van der Waals surface area contributed by atoms with E-state index < -0.39 is 44.2 Å². The van der Waals surface area contributed by atoms with Gasteiger partial charge in [-0.15, -0.1) is 0 Å². The average molecular weight is 543 g/mol. The molecule has 0 saturated carbocycles. The van der Waals surface area contributed by atoms with Crippen LogP contribution >= 0.6 is 31.9 Å². The van der Waals surface area contributed by atoms with Gasteiger partial charge in [-0.05, 0) is 68.3 Å². The van der Waals surface area contributed by atoms with Crippen LogP contribution in [0.2, 0.25) is 0 Å². The first kappa shape index (κ1) is 21.0. The molecule has 12 heteroatoms. The van der Waals surface area contributed by atoms with E-state index in [-0.39, 0.29) is 11.4 Å². The zero-order valence-corrected chi connectivity index (χ0v) is 17.5. The highest BCUT2D eigenvalue weighted by atomic mass is 79.9. The van der Waals surface area contributed by atoms with E-state index in [0.717, 1.165) is 10.7 Å². The van der Waals surface area contributed by atoms with Crippen LogP contribution in [-0.2, 0) is 10.0 Å². The van der Waals surface area contributed by atoms with Crippen LogP contribution in [0.3, 0.4) is 0 Å². The zero-order valence-electron chi connectivity index (χ0n) is 13.5. The number of halogens is 6. The molecule has 0 aliphatic carbocycles. The molecule has 3 rings (SSSR count). The highest BCUT2D eigenvalue weighted by Gasteiger charge is 2.24. The molecule has 0 atom stereocenters. The molecule has 28 heavy (non-hydrogen) atoms. The summed E-state index contributed by atoms with van der Waals surface area (Å²) in [5.41, 5.74) is -1.03. The summed E-state index contributed by atoms with van der Waals surface area (Å²) in [5.74, 6) is -2.48. The van der Waals surface area contributed by atoms with Crippen molar-refractivity contribution >= 4 is 41.9 Å². The Morgan fingerprint density at radius 2 is 1.68 bits per heavy atom. The predicted molar refractivity (Wildman–Crippen MR) is 101 cm³/mol. The molecule has 0 spiro atoms. The van der Waals surface area contributed by atoms with Crippen LogP contribution in [0.15, 0.2) is 50.2 Å². The van der Waals surface area contributed by atoms with Crippen LogP contribution in [0, 0.1) is 11.6 Å². The molecule has 3 aromatic rings. The molecule has 1 aromatic heterocycles. The third-order valence-corrected chi connectivity index (χ3v) is 6.51. The monoisotopic (exact) mass is 541 g/mol. The number of hydrogen-bond acceptors (Lipinski definition) is 3. The lowest BCUT2D eigenvalue weighted by atomic mass is 10.1. The fourth-order valence-electron chi connectivity index (χ4n) is 2.45. The Labute approximate surface area is 173 Å². The van der Waals surface area contributed by atoms with Gasteiger partial charge in [0.15, 0.2) is 0 Å². The Hall–Kier alpha value is -1.76. The largest absolute Gasteiger partial charge is 0.282 e. The predicted octanol–water partition coefficient (Wildman–Crippen LogP) is 4.93. The van der Waals surface area contributed by atoms with Crippen molar-refractivity contribution in [3.05, 3.63) is 62.7 Å². The molecule has 0 radical (unpaired) electrons. The second kappa shape index (κ2) is 7.58. The molecule has 0 aliphatic rings. The van der Waals surface area contributed by atoms with Gasteiger partial charge in [0.1, 0.15) is 22.2 Å². The molecule has 148 valence electrons. The number of hydrogen-bond donors (Lipinski definition) is 1. The summed E-state index contributed by atoms with van der Waals surface area (Å²) in [5, 5.41) is 8.62. The van der Waals surface area contributed by atoms with Crippen LogP contribution in [0.1, 0.15) is 12.1 Å². The fraction of sp³-hybridized carbons (Fsp3) is 0.0625. The van der Waals surface area contributed by atoms with Crippen molar-refractivity contribution in [2.75, 3.05) is 0 Å². The number of nitrogens with two attached hydrogens (primary N) is 1. The first-order chi connectivity index (χ1) is 13.0. The molecule has 0 saturated heterocycles. The highest BCUT2D eigenvalue weighted by Crippen LogP contribution is 2.33. The Morgan fingerprint density at radius 1 is 1.00 bits per heavy atom. The van der Waals surface area contributed by atoms with Crippen molar-refractivity contribution in [2.45, 2.75) is 11.3 Å². The Morgan fingerprint density at radius 3 is 2.25 bits per heavy atom. The lowest BCUT2D eigenvalue weighted by Gasteiger charge is -2.11. The van der Waals surface area contributed by atoms with Gasteiger partial charge in [-0.25, -0.2) is 35.8 Å². The molecule has 5 nitrogen and oxygen atoms in total. The lowest BCUT2D eigenvalue weighted by molar-refractivity contribution is 0.145. The number of rotatable bonds is 4. The topological polar surface area (TPSA) is 78.0 Å². The summed E-state index contributed by atoms with van der Waals surface area (Å²) in [4.78, 5) is -1.04. The van der Waals surface area contributed by atoms with Gasteiger partial charge in [0.25, 0.3) is 6.43 Å². The van der Waals surface area contributed by atoms with Crippen LogP contribution in [0.25, 0.3) is 16.9 Å². The molecule has 0 fully saturated rings. The van der Waals surface area contributed by atoms with Crippen molar-refractivity contribution < 1.29 is 26.0 Å². The van der Waals surface area contributed by atoms with Crippen LogP contribution in [0.5, 0.6) is 0 Å². The van der Waals surface area contributed by atoms with Crippen molar-refractivity contribution in [2.24, 2.45) is 5.14 Å². The van der Waals surface area contributed by atoms with E-state index in [1.54, 1.807) is 6.07 Å². The van der Waals surface area contributed by atoms with Gasteiger partial charge in [-0.2, -0.15) is 5.10 Å². The molecule has 0 bridgehead atoms. The van der Waals surface area contributed by atoms with Gasteiger partial charge in [0, 0.05) is 14.5 Å². The van der Waals surface area contributed by atoms with Gasteiger partial charge in [-0.1, -0.05) is 0 Å². The Kier molecular flexibility index (Phi) is 5.67. The van der Waals surface area contributed by atoms with E-state index in [0.29, 0.717) is 21.1 Å². The van der Waals surface area contributed by atoms with E-state index >= 15 is 0 Å². The number of nitrogens with zero attached hydrogens (tertiary/aromatic N) is 2. The first-order valence-electron chi connectivity index (χ1n) is 7.35. The molecule has 2 aromatic carbocycles. The van der Waals surface area contributed by atoms with Crippen molar-refractivity contribution in [3.8, 4) is 16.9 Å². The molecule has 0 amide bonds. The van der Waals surface area contributed by atoms with E-state index in [4.69, 9.17) is 5.14 Å². The number of alkyl halides is 2. The average Bonchev–Trinajstić information content (AvgIpc) is 3.03. The van der Waals surface area contributed by atoms with E-state index in [1.807, 2.05) is 0 Å². The number of benzene rings is 2. The summed E-state index contributed by atoms with van der Waals surface area (Å²) >= 11 is 6.53. The summed E-state index contributed by atoms with van der Waals surface area (Å²) in [7, 11) is -4.50. The van der Waals surface area contributed by atoms with Gasteiger partial charge in [0.05, 0.1) is 11.4 Å².